The molecule has 0 fully saturated rings. The van der Waals surface area contributed by atoms with Gasteiger partial charge in [-0.25, -0.2) is 0 Å². The van der Waals surface area contributed by atoms with E-state index in [-0.39, 0.29) is 12.4 Å². The van der Waals surface area contributed by atoms with Crippen LogP contribution in [0.1, 0.15) is 11.1 Å². The van der Waals surface area contributed by atoms with Crippen LogP contribution < -0.4 is 0 Å². The molecule has 15 heavy (non-hydrogen) atoms. The van der Waals surface area contributed by atoms with Crippen LogP contribution in [0.25, 0.3) is 0 Å². The lowest BCUT2D eigenvalue weighted by atomic mass is 10.1. The number of hydrogen-bond donors (Lipinski definition) is 0. The molecule has 0 unspecified atom stereocenters. The van der Waals surface area contributed by atoms with Gasteiger partial charge < -0.3 is 4.74 Å². The summed E-state index contributed by atoms with van der Waals surface area (Å²) in [6.07, 6.45) is 0.750. The van der Waals surface area contributed by atoms with E-state index in [9.17, 15) is 9.59 Å². The highest BCUT2D eigenvalue weighted by atomic mass is 16.5. The third-order valence-electron chi connectivity index (χ3n) is 1.78. The molecule has 0 saturated carbocycles. The summed E-state index contributed by atoms with van der Waals surface area (Å²) in [4.78, 5) is 21.0. The van der Waals surface area contributed by atoms with Gasteiger partial charge in [-0.15, -0.1) is 0 Å². The molecule has 0 amide bonds. The van der Waals surface area contributed by atoms with Gasteiger partial charge in [0.2, 0.25) is 0 Å². The first-order chi connectivity index (χ1) is 7.26. The fraction of sp³-hybridized carbons (Fsp3) is 0.167. The van der Waals surface area contributed by atoms with Gasteiger partial charge in [-0.05, 0) is 23.6 Å². The molecule has 1 rings (SSSR count). The van der Waals surface area contributed by atoms with E-state index in [2.05, 4.69) is 16.6 Å². The standard InChI is InChI=1S/C12H10O3/c1-15-12(14)9-11-5-2-4-10(8-11)6-3-7-13/h2,4-5,7-8H,9H2,1H3. The van der Waals surface area contributed by atoms with E-state index in [1.807, 2.05) is 6.07 Å². The number of aldehydes is 1. The minimum Gasteiger partial charge on any atom is -0.469 e. The van der Waals surface area contributed by atoms with Gasteiger partial charge in [-0.1, -0.05) is 18.1 Å². The number of hydrogen-bond acceptors (Lipinski definition) is 3. The molecule has 0 spiro atoms. The van der Waals surface area contributed by atoms with Crippen molar-refractivity contribution < 1.29 is 14.3 Å². The van der Waals surface area contributed by atoms with Crippen molar-refractivity contribution in [3.63, 3.8) is 0 Å². The Labute approximate surface area is 88.1 Å². The zero-order valence-corrected chi connectivity index (χ0v) is 8.32. The number of esters is 1. The molecular formula is C12H10O3. The molecule has 0 atom stereocenters. The van der Waals surface area contributed by atoms with E-state index in [0.29, 0.717) is 11.8 Å². The summed E-state index contributed by atoms with van der Waals surface area (Å²) in [5.74, 6) is 4.67. The van der Waals surface area contributed by atoms with Gasteiger partial charge in [-0.2, -0.15) is 0 Å². The first-order valence-corrected chi connectivity index (χ1v) is 4.37. The average molecular weight is 202 g/mol. The quantitative estimate of drug-likeness (QED) is 0.407. The lowest BCUT2D eigenvalue weighted by molar-refractivity contribution is -0.139. The van der Waals surface area contributed by atoms with Crippen molar-refractivity contribution in [1.29, 1.82) is 0 Å². The minimum atomic E-state index is -0.296. The molecule has 0 N–H and O–H groups in total. The predicted molar refractivity (Wildman–Crippen MR) is 55.1 cm³/mol. The number of methoxy groups -OCH3 is 1. The Morgan fingerprint density at radius 1 is 1.53 bits per heavy atom. The van der Waals surface area contributed by atoms with E-state index in [1.165, 1.54) is 7.11 Å². The zero-order valence-electron chi connectivity index (χ0n) is 8.32. The maximum atomic E-state index is 11.0. The van der Waals surface area contributed by atoms with Crippen LogP contribution in [0.2, 0.25) is 0 Å². The van der Waals surface area contributed by atoms with Gasteiger partial charge in [0.1, 0.15) is 0 Å². The second-order valence-corrected chi connectivity index (χ2v) is 2.84. The first-order valence-electron chi connectivity index (χ1n) is 4.37. The molecule has 0 aliphatic heterocycles. The third kappa shape index (κ3) is 3.65. The van der Waals surface area contributed by atoms with Gasteiger partial charge in [0.15, 0.2) is 6.29 Å². The molecule has 3 nitrogen and oxygen atoms in total. The van der Waals surface area contributed by atoms with Crippen LogP contribution in [-0.4, -0.2) is 19.4 Å². The lowest BCUT2D eigenvalue weighted by Crippen LogP contribution is -2.04. The summed E-state index contributed by atoms with van der Waals surface area (Å²) >= 11 is 0. The molecule has 3 heteroatoms. The van der Waals surface area contributed by atoms with E-state index in [4.69, 9.17) is 0 Å². The van der Waals surface area contributed by atoms with Gasteiger partial charge in [-0.3, -0.25) is 9.59 Å². The largest absolute Gasteiger partial charge is 0.469 e. The van der Waals surface area contributed by atoms with E-state index in [0.717, 1.165) is 5.56 Å². The summed E-state index contributed by atoms with van der Waals surface area (Å²) in [6.45, 7) is 0. The summed E-state index contributed by atoms with van der Waals surface area (Å²) in [5, 5.41) is 0. The number of carbonyl (C=O) groups is 2. The van der Waals surface area contributed by atoms with Crippen molar-refractivity contribution >= 4 is 12.3 Å². The van der Waals surface area contributed by atoms with Crippen LogP contribution in [0.15, 0.2) is 24.3 Å². The Bertz CT molecular complexity index is 424. The Balaban J connectivity index is 2.82. The van der Waals surface area contributed by atoms with Crippen LogP contribution in [-0.2, 0) is 20.7 Å². The lowest BCUT2D eigenvalue weighted by Gasteiger charge is -1.99. The van der Waals surface area contributed by atoms with Crippen LogP contribution >= 0.6 is 0 Å². The fourth-order valence-electron chi connectivity index (χ4n) is 1.11. The van der Waals surface area contributed by atoms with Crippen molar-refractivity contribution in [3.05, 3.63) is 35.4 Å². The predicted octanol–water partition coefficient (Wildman–Crippen LogP) is 0.952. The monoisotopic (exact) mass is 202 g/mol. The minimum absolute atomic E-state index is 0.215. The summed E-state index contributed by atoms with van der Waals surface area (Å²) in [7, 11) is 1.35. The van der Waals surface area contributed by atoms with Crippen LogP contribution in [0.5, 0.6) is 0 Å². The Morgan fingerprint density at radius 2 is 2.33 bits per heavy atom. The van der Waals surface area contributed by atoms with Crippen molar-refractivity contribution in [2.24, 2.45) is 0 Å². The highest BCUT2D eigenvalue weighted by Gasteiger charge is 2.02. The number of benzene rings is 1. The molecule has 76 valence electrons. The van der Waals surface area contributed by atoms with E-state index in [1.54, 1.807) is 18.2 Å². The van der Waals surface area contributed by atoms with Crippen LogP contribution in [0.3, 0.4) is 0 Å². The smallest absolute Gasteiger partial charge is 0.309 e. The molecule has 0 heterocycles. The van der Waals surface area contributed by atoms with Crippen molar-refractivity contribution in [2.45, 2.75) is 6.42 Å². The van der Waals surface area contributed by atoms with Crippen molar-refractivity contribution in [2.75, 3.05) is 7.11 Å². The van der Waals surface area contributed by atoms with Crippen molar-refractivity contribution in [3.8, 4) is 11.8 Å². The van der Waals surface area contributed by atoms with Gasteiger partial charge >= 0.3 is 5.97 Å². The highest BCUT2D eigenvalue weighted by molar-refractivity contribution is 5.74. The molecule has 0 aliphatic rings. The van der Waals surface area contributed by atoms with Crippen LogP contribution in [0, 0.1) is 11.8 Å². The second-order valence-electron chi connectivity index (χ2n) is 2.84. The molecule has 0 aliphatic carbocycles. The molecule has 0 bridgehead atoms. The molecule has 0 saturated heterocycles. The number of rotatable bonds is 2. The molecule has 1 aromatic rings. The maximum Gasteiger partial charge on any atom is 0.309 e. The Kier molecular flexibility index (Phi) is 4.11. The summed E-state index contributed by atoms with van der Waals surface area (Å²) in [5.41, 5.74) is 1.53. The molecule has 0 aromatic heterocycles. The zero-order chi connectivity index (χ0) is 11.1. The summed E-state index contributed by atoms with van der Waals surface area (Å²) in [6, 6.07) is 7.13. The summed E-state index contributed by atoms with van der Waals surface area (Å²) < 4.78 is 4.54. The molecule has 1 aromatic carbocycles. The molecule has 0 radical (unpaired) electrons. The van der Waals surface area contributed by atoms with Gasteiger partial charge in [0.05, 0.1) is 13.5 Å². The number of ether oxygens (including phenoxy) is 1. The third-order valence-corrected chi connectivity index (χ3v) is 1.78. The SMILES string of the molecule is COC(=O)Cc1cccc(C#CC=O)c1. The van der Waals surface area contributed by atoms with E-state index >= 15 is 0 Å². The molecular weight excluding hydrogens is 192 g/mol. The fourth-order valence-corrected chi connectivity index (χ4v) is 1.11. The average Bonchev–Trinajstić information content (AvgIpc) is 2.26. The Hall–Kier alpha value is -2.08. The highest BCUT2D eigenvalue weighted by Crippen LogP contribution is 2.05. The topological polar surface area (TPSA) is 43.4 Å². The van der Waals surface area contributed by atoms with E-state index < -0.39 is 0 Å². The van der Waals surface area contributed by atoms with Crippen molar-refractivity contribution in [1.82, 2.24) is 0 Å². The van der Waals surface area contributed by atoms with Crippen LogP contribution in [0.4, 0.5) is 0 Å². The normalized spacial score (nSPS) is 8.60. The Morgan fingerprint density at radius 3 is 3.00 bits per heavy atom. The van der Waals surface area contributed by atoms with Gasteiger partial charge in [0.25, 0.3) is 0 Å². The van der Waals surface area contributed by atoms with Gasteiger partial charge in [0, 0.05) is 5.56 Å². The second kappa shape index (κ2) is 5.61. The first kappa shape index (κ1) is 11.0. The maximum absolute atomic E-state index is 11.0. The number of carbonyl (C=O) groups excluding carboxylic acids is 2.